The fourth-order valence-electron chi connectivity index (χ4n) is 6.57. The highest BCUT2D eigenvalue weighted by molar-refractivity contribution is 5.87. The summed E-state index contributed by atoms with van der Waals surface area (Å²) in [6, 6.07) is 6.08. The van der Waals surface area contributed by atoms with Crippen LogP contribution < -0.4 is 10.6 Å². The Bertz CT molecular complexity index is 1760. The summed E-state index contributed by atoms with van der Waals surface area (Å²) < 4.78 is 11.2. The zero-order valence-corrected chi connectivity index (χ0v) is 30.0. The number of hydrogen-bond donors (Lipinski definition) is 3. The van der Waals surface area contributed by atoms with Crippen LogP contribution in [-0.4, -0.2) is 104 Å². The molecule has 0 bridgehead atoms. The fraction of sp³-hybridized carbons (Fsp3) is 0.528. The minimum Gasteiger partial charge on any atom is -0.453 e. The smallest absolute Gasteiger partial charge is 0.407 e. The lowest BCUT2D eigenvalue weighted by Crippen LogP contribution is -2.53. The van der Waals surface area contributed by atoms with E-state index in [1.165, 1.54) is 14.2 Å². The standard InChI is InChI=1S/C36H47N9O6/c1-22(2)30(39-35(48)50-5)33(46)44-17-7-9-27(44)21-43-20-26(41-42-43)16-13-24-11-14-25(15-12-24)28-19-37-32(38-28)29-10-8-18-45(29)34(47)31(23(3)4)40-36(49)51-6/h11-12,14-15,19-20,22-23,27,29-31H,7-10,17-18,21H2,1-6H3,(H,37,38)(H,39,48)(H,40,49). The van der Waals surface area contributed by atoms with Crippen molar-refractivity contribution < 1.29 is 28.7 Å². The molecule has 5 rings (SSSR count). The average Bonchev–Trinajstić information content (AvgIpc) is 3.95. The monoisotopic (exact) mass is 701 g/mol. The van der Waals surface area contributed by atoms with Crippen molar-refractivity contribution in [2.45, 2.75) is 84.1 Å². The minimum absolute atomic E-state index is 0.0750. The Hall–Kier alpha value is -5.39. The number of methoxy groups -OCH3 is 2. The predicted octanol–water partition coefficient (Wildman–Crippen LogP) is 3.48. The minimum atomic E-state index is -0.695. The number of aromatic nitrogens is 5. The van der Waals surface area contributed by atoms with E-state index in [0.717, 1.165) is 42.5 Å². The Morgan fingerprint density at radius 3 is 2.12 bits per heavy atom. The van der Waals surface area contributed by atoms with Gasteiger partial charge in [-0.15, -0.1) is 5.10 Å². The lowest BCUT2D eigenvalue weighted by Gasteiger charge is -2.30. The highest BCUT2D eigenvalue weighted by Crippen LogP contribution is 2.33. The first kappa shape index (κ1) is 36.9. The van der Waals surface area contributed by atoms with Gasteiger partial charge in [0.1, 0.15) is 17.9 Å². The van der Waals surface area contributed by atoms with E-state index in [1.54, 1.807) is 22.0 Å². The van der Waals surface area contributed by atoms with E-state index < -0.39 is 24.3 Å². The summed E-state index contributed by atoms with van der Waals surface area (Å²) in [7, 11) is 2.56. The molecule has 0 spiro atoms. The molecule has 4 heterocycles. The molecule has 4 unspecified atom stereocenters. The Morgan fingerprint density at radius 2 is 1.49 bits per heavy atom. The molecule has 2 aliphatic rings. The number of imidazole rings is 1. The second-order valence-corrected chi connectivity index (χ2v) is 13.6. The summed E-state index contributed by atoms with van der Waals surface area (Å²) in [4.78, 5) is 62.1. The van der Waals surface area contributed by atoms with Gasteiger partial charge < -0.3 is 34.9 Å². The van der Waals surface area contributed by atoms with E-state index in [0.29, 0.717) is 31.2 Å². The fourth-order valence-corrected chi connectivity index (χ4v) is 6.57. The van der Waals surface area contributed by atoms with Crippen LogP contribution in [0, 0.1) is 23.7 Å². The Balaban J connectivity index is 1.20. The lowest BCUT2D eigenvalue weighted by atomic mass is 10.0. The summed E-state index contributed by atoms with van der Waals surface area (Å²) in [5.74, 6) is 6.42. The average molecular weight is 702 g/mol. The highest BCUT2D eigenvalue weighted by Gasteiger charge is 2.38. The molecule has 2 aromatic heterocycles. The van der Waals surface area contributed by atoms with E-state index in [2.05, 4.69) is 42.8 Å². The summed E-state index contributed by atoms with van der Waals surface area (Å²) in [5.41, 5.74) is 3.05. The van der Waals surface area contributed by atoms with Crippen LogP contribution in [0.5, 0.6) is 0 Å². The van der Waals surface area contributed by atoms with Gasteiger partial charge in [0.15, 0.2) is 5.69 Å². The zero-order valence-electron chi connectivity index (χ0n) is 30.0. The van der Waals surface area contributed by atoms with Crippen molar-refractivity contribution in [1.82, 2.24) is 45.4 Å². The molecule has 0 radical (unpaired) electrons. The Labute approximate surface area is 297 Å². The van der Waals surface area contributed by atoms with Crippen molar-refractivity contribution in [1.29, 1.82) is 0 Å². The molecule has 2 saturated heterocycles. The summed E-state index contributed by atoms with van der Waals surface area (Å²) in [6.07, 6.45) is 5.57. The second-order valence-electron chi connectivity index (χ2n) is 13.6. The molecule has 272 valence electrons. The van der Waals surface area contributed by atoms with Gasteiger partial charge in [0.25, 0.3) is 0 Å². The summed E-state index contributed by atoms with van der Waals surface area (Å²) >= 11 is 0. The van der Waals surface area contributed by atoms with Crippen molar-refractivity contribution in [3.63, 3.8) is 0 Å². The van der Waals surface area contributed by atoms with Crippen molar-refractivity contribution >= 4 is 24.0 Å². The topological polar surface area (TPSA) is 177 Å². The van der Waals surface area contributed by atoms with Gasteiger partial charge in [0.2, 0.25) is 11.8 Å². The van der Waals surface area contributed by atoms with Gasteiger partial charge in [0.05, 0.1) is 50.9 Å². The van der Waals surface area contributed by atoms with E-state index in [1.807, 2.05) is 56.9 Å². The molecule has 4 amide bonds. The molecule has 3 N–H and O–H groups in total. The van der Waals surface area contributed by atoms with Gasteiger partial charge in [-0.05, 0) is 61.1 Å². The first-order valence-corrected chi connectivity index (χ1v) is 17.4. The molecule has 4 atom stereocenters. The number of aromatic amines is 1. The Morgan fingerprint density at radius 1 is 0.882 bits per heavy atom. The van der Waals surface area contributed by atoms with Crippen LogP contribution in [0.3, 0.4) is 0 Å². The van der Waals surface area contributed by atoms with Crippen LogP contribution in [0.1, 0.15) is 76.5 Å². The molecule has 15 heteroatoms. The number of amides is 4. The zero-order chi connectivity index (χ0) is 36.7. The third-order valence-electron chi connectivity index (χ3n) is 9.36. The van der Waals surface area contributed by atoms with Gasteiger partial charge in [-0.25, -0.2) is 19.3 Å². The normalized spacial score (nSPS) is 18.3. The lowest BCUT2D eigenvalue weighted by molar-refractivity contribution is -0.136. The number of benzene rings is 1. The van der Waals surface area contributed by atoms with Crippen LogP contribution in [0.15, 0.2) is 36.7 Å². The molecule has 0 aliphatic carbocycles. The molecule has 1 aromatic carbocycles. The van der Waals surface area contributed by atoms with Gasteiger partial charge >= 0.3 is 12.2 Å². The molecule has 51 heavy (non-hydrogen) atoms. The van der Waals surface area contributed by atoms with E-state index in [4.69, 9.17) is 9.47 Å². The number of nitrogens with one attached hydrogen (secondary N) is 3. The SMILES string of the molecule is COC(=O)NC(C(=O)N1CCCC1Cn1cc(C#Cc2ccc(-c3cnc(C4CCCN4C(=O)C(NC(=O)OC)C(C)C)[nH]3)cc2)nn1)C(C)C. The number of carbonyl (C=O) groups is 4. The van der Waals surface area contributed by atoms with Crippen molar-refractivity contribution in [2.75, 3.05) is 27.3 Å². The van der Waals surface area contributed by atoms with Gasteiger partial charge in [-0.3, -0.25) is 9.59 Å². The van der Waals surface area contributed by atoms with Gasteiger partial charge in [0, 0.05) is 18.7 Å². The molecular formula is C36H47N9O6. The van der Waals surface area contributed by atoms with E-state index in [-0.39, 0.29) is 35.7 Å². The highest BCUT2D eigenvalue weighted by atomic mass is 16.5. The maximum Gasteiger partial charge on any atom is 0.407 e. The third kappa shape index (κ3) is 8.86. The number of likely N-dealkylation sites (tertiary alicyclic amines) is 2. The van der Waals surface area contributed by atoms with Gasteiger partial charge in [-0.2, -0.15) is 0 Å². The largest absolute Gasteiger partial charge is 0.453 e. The quantitative estimate of drug-likeness (QED) is 0.267. The molecule has 15 nitrogen and oxygen atoms in total. The predicted molar refractivity (Wildman–Crippen MR) is 187 cm³/mol. The van der Waals surface area contributed by atoms with Crippen molar-refractivity contribution in [3.8, 4) is 23.1 Å². The Kier molecular flexibility index (Phi) is 12.0. The first-order valence-electron chi connectivity index (χ1n) is 17.4. The van der Waals surface area contributed by atoms with Crippen LogP contribution >= 0.6 is 0 Å². The number of H-pyrrole nitrogens is 1. The van der Waals surface area contributed by atoms with Gasteiger partial charge in [-0.1, -0.05) is 51.0 Å². The molecule has 2 aliphatic heterocycles. The van der Waals surface area contributed by atoms with Crippen LogP contribution in [0.25, 0.3) is 11.3 Å². The molecule has 2 fully saturated rings. The van der Waals surface area contributed by atoms with E-state index in [9.17, 15) is 19.2 Å². The molecular weight excluding hydrogens is 654 g/mol. The van der Waals surface area contributed by atoms with Crippen molar-refractivity contribution in [3.05, 3.63) is 53.7 Å². The third-order valence-corrected chi connectivity index (χ3v) is 9.36. The number of hydrogen-bond acceptors (Lipinski definition) is 9. The van der Waals surface area contributed by atoms with Crippen LogP contribution in [0.4, 0.5) is 9.59 Å². The molecule has 0 saturated carbocycles. The number of rotatable bonds is 10. The second kappa shape index (κ2) is 16.5. The maximum atomic E-state index is 13.5. The summed E-state index contributed by atoms with van der Waals surface area (Å²) in [5, 5.41) is 13.8. The van der Waals surface area contributed by atoms with Crippen LogP contribution in [0.2, 0.25) is 0 Å². The number of ether oxygens (including phenoxy) is 2. The summed E-state index contributed by atoms with van der Waals surface area (Å²) in [6.45, 7) is 9.22. The number of nitrogens with zero attached hydrogens (tertiary/aromatic N) is 6. The maximum absolute atomic E-state index is 13.5. The molecule has 3 aromatic rings. The van der Waals surface area contributed by atoms with Crippen LogP contribution in [-0.2, 0) is 25.6 Å². The van der Waals surface area contributed by atoms with E-state index >= 15 is 0 Å². The number of alkyl carbamates (subject to hydrolysis) is 2. The number of carbonyl (C=O) groups excluding carboxylic acids is 4. The van der Waals surface area contributed by atoms with Crippen molar-refractivity contribution in [2.24, 2.45) is 11.8 Å². The first-order chi connectivity index (χ1) is 24.5.